The zero-order valence-electron chi connectivity index (χ0n) is 20.0. The molecule has 33 heavy (non-hydrogen) atoms. The Morgan fingerprint density at radius 3 is 2.39 bits per heavy atom. The molecule has 5 heteroatoms. The highest BCUT2D eigenvalue weighted by Gasteiger charge is 2.34. The SMILES string of the molecule is CCC(c1nc2ccccc2c(=O)n1Cc1ccccc1)N(CC(C)C)C(=O)C1CCCC1. The molecule has 1 fully saturated rings. The van der Waals surface area contributed by atoms with Crippen LogP contribution in [-0.4, -0.2) is 26.9 Å². The van der Waals surface area contributed by atoms with Crippen molar-refractivity contribution in [3.8, 4) is 0 Å². The largest absolute Gasteiger partial charge is 0.332 e. The summed E-state index contributed by atoms with van der Waals surface area (Å²) >= 11 is 0. The van der Waals surface area contributed by atoms with Gasteiger partial charge in [-0.05, 0) is 42.9 Å². The minimum Gasteiger partial charge on any atom is -0.332 e. The monoisotopic (exact) mass is 445 g/mol. The summed E-state index contributed by atoms with van der Waals surface area (Å²) in [6.07, 6.45) is 4.88. The van der Waals surface area contributed by atoms with E-state index < -0.39 is 0 Å². The molecule has 0 saturated heterocycles. The number of fused-ring (bicyclic) bond motifs is 1. The Labute approximate surface area is 196 Å². The maximum absolute atomic E-state index is 13.7. The fourth-order valence-corrected chi connectivity index (χ4v) is 5.07. The Kier molecular flexibility index (Phi) is 7.26. The second kappa shape index (κ2) is 10.3. The van der Waals surface area contributed by atoms with Crippen LogP contribution in [0, 0.1) is 11.8 Å². The summed E-state index contributed by atoms with van der Waals surface area (Å²) in [7, 11) is 0. The maximum Gasteiger partial charge on any atom is 0.261 e. The summed E-state index contributed by atoms with van der Waals surface area (Å²) < 4.78 is 1.79. The van der Waals surface area contributed by atoms with Crippen molar-refractivity contribution in [3.05, 3.63) is 76.3 Å². The highest BCUT2D eigenvalue weighted by molar-refractivity contribution is 5.80. The molecule has 1 heterocycles. The lowest BCUT2D eigenvalue weighted by Gasteiger charge is -2.35. The van der Waals surface area contributed by atoms with Crippen LogP contribution < -0.4 is 5.56 Å². The van der Waals surface area contributed by atoms with E-state index in [1.54, 1.807) is 4.57 Å². The van der Waals surface area contributed by atoms with E-state index >= 15 is 0 Å². The molecule has 1 aromatic heterocycles. The van der Waals surface area contributed by atoms with E-state index in [-0.39, 0.29) is 23.4 Å². The van der Waals surface area contributed by atoms with Crippen molar-refractivity contribution in [3.63, 3.8) is 0 Å². The van der Waals surface area contributed by atoms with Crippen LogP contribution >= 0.6 is 0 Å². The molecule has 0 N–H and O–H groups in total. The molecular weight excluding hydrogens is 410 g/mol. The number of para-hydroxylation sites is 1. The molecule has 174 valence electrons. The Balaban J connectivity index is 1.85. The molecule has 1 aliphatic carbocycles. The molecule has 4 rings (SSSR count). The molecule has 1 amide bonds. The van der Waals surface area contributed by atoms with Crippen molar-refractivity contribution >= 4 is 16.8 Å². The number of carbonyl (C=O) groups is 1. The van der Waals surface area contributed by atoms with Crippen molar-refractivity contribution in [2.45, 2.75) is 65.5 Å². The van der Waals surface area contributed by atoms with Gasteiger partial charge in [-0.25, -0.2) is 4.98 Å². The lowest BCUT2D eigenvalue weighted by atomic mass is 10.0. The fraction of sp³-hybridized carbons (Fsp3) is 0.464. The van der Waals surface area contributed by atoms with Gasteiger partial charge >= 0.3 is 0 Å². The average Bonchev–Trinajstić information content (AvgIpc) is 3.36. The summed E-state index contributed by atoms with van der Waals surface area (Å²) in [6.45, 7) is 7.49. The molecule has 1 atom stereocenters. The Morgan fingerprint density at radius 2 is 1.73 bits per heavy atom. The van der Waals surface area contributed by atoms with Gasteiger partial charge in [0.1, 0.15) is 5.82 Å². The van der Waals surface area contributed by atoms with Crippen LogP contribution in [0.3, 0.4) is 0 Å². The second-order valence-corrected chi connectivity index (χ2v) is 9.65. The van der Waals surface area contributed by atoms with E-state index in [9.17, 15) is 9.59 Å². The first kappa shape index (κ1) is 23.2. The van der Waals surface area contributed by atoms with Gasteiger partial charge < -0.3 is 4.90 Å². The third-order valence-electron chi connectivity index (χ3n) is 6.68. The molecule has 2 aromatic carbocycles. The molecule has 0 bridgehead atoms. The van der Waals surface area contributed by atoms with Crippen LogP contribution in [0.25, 0.3) is 10.9 Å². The van der Waals surface area contributed by atoms with E-state index in [1.165, 1.54) is 0 Å². The first-order valence-electron chi connectivity index (χ1n) is 12.3. The number of nitrogens with zero attached hydrogens (tertiary/aromatic N) is 3. The molecule has 1 unspecified atom stereocenters. The second-order valence-electron chi connectivity index (χ2n) is 9.65. The topological polar surface area (TPSA) is 55.2 Å². The minimum absolute atomic E-state index is 0.0456. The number of hydrogen-bond donors (Lipinski definition) is 0. The van der Waals surface area contributed by atoms with E-state index in [4.69, 9.17) is 4.98 Å². The van der Waals surface area contributed by atoms with Crippen molar-refractivity contribution in [2.24, 2.45) is 11.8 Å². The third kappa shape index (κ3) is 5.02. The highest BCUT2D eigenvalue weighted by atomic mass is 16.2. The summed E-state index contributed by atoms with van der Waals surface area (Å²) in [5, 5.41) is 0.615. The molecular formula is C28H35N3O2. The van der Waals surface area contributed by atoms with Crippen molar-refractivity contribution in [2.75, 3.05) is 6.54 Å². The number of aromatic nitrogens is 2. The van der Waals surface area contributed by atoms with Gasteiger partial charge in [0, 0.05) is 12.5 Å². The van der Waals surface area contributed by atoms with Crippen LogP contribution in [0.1, 0.15) is 70.3 Å². The van der Waals surface area contributed by atoms with Gasteiger partial charge in [-0.15, -0.1) is 0 Å². The quantitative estimate of drug-likeness (QED) is 0.455. The summed E-state index contributed by atoms with van der Waals surface area (Å²) in [4.78, 5) is 34.4. The predicted molar refractivity (Wildman–Crippen MR) is 133 cm³/mol. The Bertz CT molecular complexity index is 1150. The molecule has 1 aliphatic rings. The van der Waals surface area contributed by atoms with Crippen molar-refractivity contribution < 1.29 is 4.79 Å². The van der Waals surface area contributed by atoms with E-state index in [0.717, 1.165) is 31.2 Å². The van der Waals surface area contributed by atoms with Gasteiger partial charge in [0.15, 0.2) is 0 Å². The molecule has 5 nitrogen and oxygen atoms in total. The zero-order valence-corrected chi connectivity index (χ0v) is 20.0. The third-order valence-corrected chi connectivity index (χ3v) is 6.68. The van der Waals surface area contributed by atoms with Crippen molar-refractivity contribution in [1.82, 2.24) is 14.5 Å². The predicted octanol–water partition coefficient (Wildman–Crippen LogP) is 5.57. The summed E-state index contributed by atoms with van der Waals surface area (Å²) in [5.74, 6) is 1.34. The number of hydrogen-bond acceptors (Lipinski definition) is 3. The molecule has 0 spiro atoms. The summed E-state index contributed by atoms with van der Waals surface area (Å²) in [5.41, 5.74) is 1.69. The molecule has 0 radical (unpaired) electrons. The van der Waals surface area contributed by atoms with Gasteiger partial charge in [-0.1, -0.05) is 76.1 Å². The van der Waals surface area contributed by atoms with Crippen LogP contribution in [0.5, 0.6) is 0 Å². The minimum atomic E-state index is -0.235. The standard InChI is InChI=1S/C28H35N3O2/c1-4-25(30(18-20(2)3)27(32)22-14-8-9-15-22)26-29-24-17-11-10-16-23(24)28(33)31(26)19-21-12-6-5-7-13-21/h5-7,10-13,16-17,20,22,25H,4,8-9,14-15,18-19H2,1-3H3. The highest BCUT2D eigenvalue weighted by Crippen LogP contribution is 2.32. The van der Waals surface area contributed by atoms with Gasteiger partial charge in [0.25, 0.3) is 5.56 Å². The normalized spacial score (nSPS) is 15.3. The number of benzene rings is 2. The van der Waals surface area contributed by atoms with Gasteiger partial charge in [-0.3, -0.25) is 14.2 Å². The number of amides is 1. The Morgan fingerprint density at radius 1 is 1.06 bits per heavy atom. The average molecular weight is 446 g/mol. The van der Waals surface area contributed by atoms with E-state index in [0.29, 0.717) is 42.2 Å². The van der Waals surface area contributed by atoms with Crippen LogP contribution in [-0.2, 0) is 11.3 Å². The van der Waals surface area contributed by atoms with E-state index in [2.05, 4.69) is 20.8 Å². The number of rotatable bonds is 8. The van der Waals surface area contributed by atoms with Crippen LogP contribution in [0.2, 0.25) is 0 Å². The Hall–Kier alpha value is -2.95. The van der Waals surface area contributed by atoms with Gasteiger partial charge in [0.05, 0.1) is 23.5 Å². The fourth-order valence-electron chi connectivity index (χ4n) is 5.07. The molecule has 0 aliphatic heterocycles. The summed E-state index contributed by atoms with van der Waals surface area (Å²) in [6, 6.07) is 17.3. The first-order chi connectivity index (χ1) is 16.0. The lowest BCUT2D eigenvalue weighted by molar-refractivity contribution is -0.139. The smallest absolute Gasteiger partial charge is 0.261 e. The van der Waals surface area contributed by atoms with Crippen LogP contribution in [0.4, 0.5) is 0 Å². The zero-order chi connectivity index (χ0) is 23.4. The van der Waals surface area contributed by atoms with Gasteiger partial charge in [-0.2, -0.15) is 0 Å². The van der Waals surface area contributed by atoms with Crippen molar-refractivity contribution in [1.29, 1.82) is 0 Å². The van der Waals surface area contributed by atoms with Gasteiger partial charge in [0.2, 0.25) is 5.91 Å². The van der Waals surface area contributed by atoms with Crippen LogP contribution in [0.15, 0.2) is 59.4 Å². The molecule has 1 saturated carbocycles. The maximum atomic E-state index is 13.7. The molecule has 3 aromatic rings. The van der Waals surface area contributed by atoms with E-state index in [1.807, 2.05) is 59.5 Å². The lowest BCUT2D eigenvalue weighted by Crippen LogP contribution is -2.43. The first-order valence-corrected chi connectivity index (χ1v) is 12.3. The number of carbonyl (C=O) groups excluding carboxylic acids is 1.